The fourth-order valence-corrected chi connectivity index (χ4v) is 7.26. The van der Waals surface area contributed by atoms with E-state index in [2.05, 4.69) is 90.2 Å². The third-order valence-electron chi connectivity index (χ3n) is 8.64. The van der Waals surface area contributed by atoms with Gasteiger partial charge >= 0.3 is 0 Å². The lowest BCUT2D eigenvalue weighted by atomic mass is 9.59. The Morgan fingerprint density at radius 3 is 1.54 bits per heavy atom. The molecule has 2 saturated carbocycles. The zero-order valence-electron chi connectivity index (χ0n) is 17.7. The molecule has 0 amide bonds. The molecule has 0 aliphatic heterocycles. The molecule has 2 fully saturated rings. The number of hydrogen-bond acceptors (Lipinski definition) is 0. The third kappa shape index (κ3) is 2.79. The fraction of sp³-hybridized carbons (Fsp3) is 0.692. The van der Waals surface area contributed by atoms with Crippen LogP contribution in [0, 0.1) is 58.2 Å². The highest BCUT2D eigenvalue weighted by atomic mass is 14.6. The van der Waals surface area contributed by atoms with Gasteiger partial charge in [-0.1, -0.05) is 90.2 Å². The average molecular weight is 351 g/mol. The Bertz CT molecular complexity index is 616. The van der Waals surface area contributed by atoms with E-state index >= 15 is 0 Å². The summed E-state index contributed by atoms with van der Waals surface area (Å²) in [7, 11) is 0. The molecular formula is C26H38. The van der Waals surface area contributed by atoms with E-state index in [9.17, 15) is 0 Å². The largest absolute Gasteiger partial charge is 0.0805 e. The van der Waals surface area contributed by atoms with Crippen molar-refractivity contribution in [3.8, 4) is 0 Å². The molecule has 0 nitrogen and oxygen atoms in total. The van der Waals surface area contributed by atoms with Gasteiger partial charge < -0.3 is 0 Å². The molecule has 7 unspecified atom stereocenters. The fourth-order valence-electron chi connectivity index (χ4n) is 7.26. The van der Waals surface area contributed by atoms with Gasteiger partial charge in [0.2, 0.25) is 0 Å². The summed E-state index contributed by atoms with van der Waals surface area (Å²) in [6.07, 6.45) is 22.1. The maximum absolute atomic E-state index is 2.61. The molecule has 0 bridgehead atoms. The van der Waals surface area contributed by atoms with Crippen LogP contribution in [0.3, 0.4) is 0 Å². The first-order valence-corrected chi connectivity index (χ1v) is 10.9. The summed E-state index contributed by atoms with van der Waals surface area (Å²) in [5.41, 5.74) is 0.827. The Morgan fingerprint density at radius 1 is 0.654 bits per heavy atom. The van der Waals surface area contributed by atoms with Crippen LogP contribution in [0.4, 0.5) is 0 Å². The number of hydrogen-bond donors (Lipinski definition) is 0. The topological polar surface area (TPSA) is 0 Å². The highest BCUT2D eigenvalue weighted by Crippen LogP contribution is 2.62. The van der Waals surface area contributed by atoms with E-state index < -0.39 is 0 Å². The number of rotatable bonds is 2. The molecule has 0 radical (unpaired) electrons. The summed E-state index contributed by atoms with van der Waals surface area (Å²) >= 11 is 0. The van der Waals surface area contributed by atoms with Gasteiger partial charge in [-0.2, -0.15) is 0 Å². The molecule has 7 atom stereocenters. The molecule has 0 heteroatoms. The molecule has 0 heterocycles. The van der Waals surface area contributed by atoms with Crippen molar-refractivity contribution in [1.82, 2.24) is 0 Å². The predicted molar refractivity (Wildman–Crippen MR) is 113 cm³/mol. The van der Waals surface area contributed by atoms with Gasteiger partial charge in [0.05, 0.1) is 0 Å². The molecule has 4 aliphatic carbocycles. The molecule has 4 rings (SSSR count). The van der Waals surface area contributed by atoms with Gasteiger partial charge in [0.15, 0.2) is 0 Å². The Hall–Kier alpha value is -1.04. The highest BCUT2D eigenvalue weighted by molar-refractivity contribution is 5.29. The van der Waals surface area contributed by atoms with Crippen LogP contribution in [0.15, 0.2) is 48.6 Å². The molecule has 0 N–H and O–H groups in total. The van der Waals surface area contributed by atoms with Crippen LogP contribution in [-0.2, 0) is 0 Å². The molecule has 0 aromatic heterocycles. The number of fused-ring (bicyclic) bond motifs is 3. The quantitative estimate of drug-likeness (QED) is 0.499. The Kier molecular flexibility index (Phi) is 4.41. The van der Waals surface area contributed by atoms with Gasteiger partial charge in [-0.3, -0.25) is 0 Å². The van der Waals surface area contributed by atoms with Gasteiger partial charge in [0.1, 0.15) is 0 Å². The smallest absolute Gasteiger partial charge is 0.00954 e. The maximum Gasteiger partial charge on any atom is -0.00954 e. The minimum atomic E-state index is 0.382. The van der Waals surface area contributed by atoms with Crippen molar-refractivity contribution in [1.29, 1.82) is 0 Å². The summed E-state index contributed by atoms with van der Waals surface area (Å²) in [5, 5.41) is 0. The van der Waals surface area contributed by atoms with Crippen LogP contribution in [0.1, 0.15) is 54.4 Å². The van der Waals surface area contributed by atoms with Crippen molar-refractivity contribution in [3.05, 3.63) is 48.6 Å². The summed E-state index contributed by atoms with van der Waals surface area (Å²) in [5.74, 6) is 6.13. The monoisotopic (exact) mass is 350 g/mol. The first-order chi connectivity index (χ1) is 12.2. The van der Waals surface area contributed by atoms with Gasteiger partial charge in [-0.25, -0.2) is 0 Å². The van der Waals surface area contributed by atoms with E-state index in [0.29, 0.717) is 34.5 Å². The van der Waals surface area contributed by atoms with Crippen molar-refractivity contribution < 1.29 is 0 Å². The average Bonchev–Trinajstić information content (AvgIpc) is 3.13. The van der Waals surface area contributed by atoms with Crippen molar-refractivity contribution in [2.45, 2.75) is 54.4 Å². The second kappa shape index (κ2) is 6.25. The lowest BCUT2D eigenvalue weighted by Gasteiger charge is -2.45. The standard InChI is InChI=1S/C26H38/c1-17-15-18(25(2,3)4)16-23(17)26(5,6)24-21-13-9-7-11-19(21)20-12-8-10-14-22(20)24/h7-14,17-24H,15-16H2,1-6H3. The first-order valence-electron chi connectivity index (χ1n) is 10.9. The van der Waals surface area contributed by atoms with Crippen LogP contribution in [0.2, 0.25) is 0 Å². The minimum absolute atomic E-state index is 0.382. The van der Waals surface area contributed by atoms with Crippen molar-refractivity contribution in [2.75, 3.05) is 0 Å². The normalized spacial score (nSPS) is 44.4. The molecule has 142 valence electrons. The molecule has 0 spiro atoms. The summed E-state index contributed by atoms with van der Waals surface area (Å²) < 4.78 is 0. The first kappa shape index (κ1) is 18.3. The summed E-state index contributed by atoms with van der Waals surface area (Å²) in [4.78, 5) is 0. The van der Waals surface area contributed by atoms with Crippen LogP contribution in [0.5, 0.6) is 0 Å². The molecule has 0 aromatic rings. The second-order valence-corrected chi connectivity index (χ2v) is 11.3. The molecule has 0 aromatic carbocycles. The van der Waals surface area contributed by atoms with Crippen LogP contribution >= 0.6 is 0 Å². The summed E-state index contributed by atoms with van der Waals surface area (Å²) in [6, 6.07) is 0. The third-order valence-corrected chi connectivity index (χ3v) is 8.64. The van der Waals surface area contributed by atoms with E-state index in [0.717, 1.165) is 23.7 Å². The molecule has 26 heavy (non-hydrogen) atoms. The minimum Gasteiger partial charge on any atom is -0.0805 e. The summed E-state index contributed by atoms with van der Waals surface area (Å²) in [6.45, 7) is 15.1. The Balaban J connectivity index is 1.66. The van der Waals surface area contributed by atoms with Crippen LogP contribution in [0.25, 0.3) is 0 Å². The van der Waals surface area contributed by atoms with Gasteiger partial charge in [0, 0.05) is 0 Å². The molecule has 4 aliphatic rings. The Labute approximate surface area is 161 Å². The second-order valence-electron chi connectivity index (χ2n) is 11.3. The SMILES string of the molecule is CC1CC(C(C)(C)C)CC1C(C)(C)C1C2C=CC=CC2C2C=CC=CC21. The Morgan fingerprint density at radius 2 is 1.12 bits per heavy atom. The zero-order valence-corrected chi connectivity index (χ0v) is 17.7. The van der Waals surface area contributed by atoms with Crippen molar-refractivity contribution >= 4 is 0 Å². The predicted octanol–water partition coefficient (Wildman–Crippen LogP) is 7.07. The van der Waals surface area contributed by atoms with Gasteiger partial charge in [-0.05, 0) is 71.0 Å². The van der Waals surface area contributed by atoms with E-state index in [-0.39, 0.29) is 0 Å². The van der Waals surface area contributed by atoms with Crippen LogP contribution in [-0.4, -0.2) is 0 Å². The number of allylic oxidation sites excluding steroid dienone is 8. The lowest BCUT2D eigenvalue weighted by molar-refractivity contribution is 0.0498. The van der Waals surface area contributed by atoms with E-state index in [4.69, 9.17) is 0 Å². The molecular weight excluding hydrogens is 312 g/mol. The van der Waals surface area contributed by atoms with Gasteiger partial charge in [0.25, 0.3) is 0 Å². The highest BCUT2D eigenvalue weighted by Gasteiger charge is 2.56. The van der Waals surface area contributed by atoms with Crippen molar-refractivity contribution in [2.24, 2.45) is 58.2 Å². The molecule has 0 saturated heterocycles. The van der Waals surface area contributed by atoms with Gasteiger partial charge in [-0.15, -0.1) is 0 Å². The maximum atomic E-state index is 2.61. The van der Waals surface area contributed by atoms with E-state index in [1.807, 2.05) is 0 Å². The van der Waals surface area contributed by atoms with Crippen LogP contribution < -0.4 is 0 Å². The lowest BCUT2D eigenvalue weighted by Crippen LogP contribution is -2.39. The van der Waals surface area contributed by atoms with E-state index in [1.165, 1.54) is 12.8 Å². The van der Waals surface area contributed by atoms with E-state index in [1.54, 1.807) is 0 Å². The zero-order chi connectivity index (χ0) is 18.7. The van der Waals surface area contributed by atoms with Crippen molar-refractivity contribution in [3.63, 3.8) is 0 Å².